The predicted octanol–water partition coefficient (Wildman–Crippen LogP) is 3.79. The summed E-state index contributed by atoms with van der Waals surface area (Å²) in [6, 6.07) is 6.50. The van der Waals surface area contributed by atoms with E-state index in [0.717, 1.165) is 10.5 Å². The molecule has 0 spiro atoms. The Hall–Kier alpha value is -0.930. The second-order valence-electron chi connectivity index (χ2n) is 6.17. The molecule has 0 saturated heterocycles. The van der Waals surface area contributed by atoms with Crippen LogP contribution in [0.5, 0.6) is 0 Å². The van der Waals surface area contributed by atoms with Gasteiger partial charge in [0.1, 0.15) is 5.01 Å². The Morgan fingerprint density at radius 3 is 2.29 bits per heavy atom. The lowest BCUT2D eigenvalue weighted by Crippen LogP contribution is -2.28. The van der Waals surface area contributed by atoms with E-state index in [1.54, 1.807) is 11.3 Å². The van der Waals surface area contributed by atoms with Crippen molar-refractivity contribution in [2.45, 2.75) is 45.6 Å². The number of rotatable bonds is 1. The average molecular weight is 248 g/mol. The number of fused-ring (bicyclic) bond motifs is 1. The second-order valence-corrected chi connectivity index (χ2v) is 7.20. The van der Waals surface area contributed by atoms with Gasteiger partial charge in [0.2, 0.25) is 0 Å². The molecule has 0 amide bonds. The summed E-state index contributed by atoms with van der Waals surface area (Å²) in [4.78, 5) is 4.60. The van der Waals surface area contributed by atoms with Crippen LogP contribution in [0.3, 0.4) is 0 Å². The van der Waals surface area contributed by atoms with Gasteiger partial charge in [-0.1, -0.05) is 26.8 Å². The smallest absolute Gasteiger partial charge is 0.113 e. The number of nitrogens with two attached hydrogens (primary N) is 1. The highest BCUT2D eigenvalue weighted by Crippen LogP contribution is 2.32. The summed E-state index contributed by atoms with van der Waals surface area (Å²) in [5, 5.41) is 0.999. The van der Waals surface area contributed by atoms with E-state index in [4.69, 9.17) is 5.73 Å². The predicted molar refractivity (Wildman–Crippen MR) is 75.5 cm³/mol. The molecule has 0 saturated carbocycles. The first-order valence-corrected chi connectivity index (χ1v) is 6.70. The molecular formula is C14H20N2S. The molecule has 92 valence electrons. The van der Waals surface area contributed by atoms with E-state index < -0.39 is 0 Å². The Morgan fingerprint density at radius 2 is 1.76 bits per heavy atom. The fraction of sp³-hybridized carbons (Fsp3) is 0.500. The molecule has 2 nitrogen and oxygen atoms in total. The molecule has 0 fully saturated rings. The summed E-state index contributed by atoms with van der Waals surface area (Å²) in [5.74, 6) is 0. The van der Waals surface area contributed by atoms with Crippen molar-refractivity contribution in [3.63, 3.8) is 0 Å². The minimum Gasteiger partial charge on any atom is -0.320 e. The van der Waals surface area contributed by atoms with Crippen LogP contribution >= 0.6 is 11.3 Å². The van der Waals surface area contributed by atoms with Gasteiger partial charge >= 0.3 is 0 Å². The van der Waals surface area contributed by atoms with E-state index >= 15 is 0 Å². The van der Waals surface area contributed by atoms with Gasteiger partial charge in [-0.05, 0) is 37.0 Å². The summed E-state index contributed by atoms with van der Waals surface area (Å²) < 4.78 is 1.23. The quantitative estimate of drug-likeness (QED) is 0.834. The van der Waals surface area contributed by atoms with Crippen LogP contribution in [0.1, 0.15) is 45.2 Å². The molecule has 2 rings (SSSR count). The van der Waals surface area contributed by atoms with Gasteiger partial charge < -0.3 is 5.73 Å². The molecule has 2 aromatic rings. The van der Waals surface area contributed by atoms with E-state index in [-0.39, 0.29) is 11.0 Å². The van der Waals surface area contributed by atoms with E-state index in [2.05, 4.69) is 44.0 Å². The first kappa shape index (κ1) is 12.5. The number of aromatic nitrogens is 1. The number of nitrogens with zero attached hydrogens (tertiary/aromatic N) is 1. The molecule has 3 heteroatoms. The molecule has 0 aliphatic rings. The number of benzene rings is 1. The lowest BCUT2D eigenvalue weighted by molar-refractivity contribution is 0.551. The zero-order chi connectivity index (χ0) is 12.8. The fourth-order valence-corrected chi connectivity index (χ4v) is 2.69. The molecular weight excluding hydrogens is 228 g/mol. The van der Waals surface area contributed by atoms with Gasteiger partial charge in [-0.2, -0.15) is 0 Å². The Balaban J connectivity index is 2.56. The SMILES string of the molecule is CC(C)(C)c1ccc2nc(C(C)(C)N)sc2c1. The summed E-state index contributed by atoms with van der Waals surface area (Å²) in [6.45, 7) is 10.7. The normalized spacial score (nSPS) is 13.3. The zero-order valence-corrected chi connectivity index (χ0v) is 12.0. The van der Waals surface area contributed by atoms with Gasteiger partial charge in [-0.3, -0.25) is 0 Å². The average Bonchev–Trinajstić information content (AvgIpc) is 2.57. The highest BCUT2D eigenvalue weighted by Gasteiger charge is 2.20. The Bertz CT molecular complexity index is 529. The molecule has 17 heavy (non-hydrogen) atoms. The van der Waals surface area contributed by atoms with Crippen molar-refractivity contribution in [1.29, 1.82) is 0 Å². The van der Waals surface area contributed by atoms with Crippen LogP contribution < -0.4 is 5.73 Å². The van der Waals surface area contributed by atoms with Crippen molar-refractivity contribution in [3.8, 4) is 0 Å². The minimum absolute atomic E-state index is 0.177. The summed E-state index contributed by atoms with van der Waals surface area (Å²) >= 11 is 1.70. The Kier molecular flexibility index (Phi) is 2.79. The summed E-state index contributed by atoms with van der Waals surface area (Å²) in [5.41, 5.74) is 8.31. The number of hydrogen-bond donors (Lipinski definition) is 1. The van der Waals surface area contributed by atoms with Crippen molar-refractivity contribution < 1.29 is 0 Å². The monoisotopic (exact) mass is 248 g/mol. The highest BCUT2D eigenvalue weighted by atomic mass is 32.1. The molecule has 0 atom stereocenters. The first-order chi connectivity index (χ1) is 7.68. The lowest BCUT2D eigenvalue weighted by Gasteiger charge is -2.18. The maximum Gasteiger partial charge on any atom is 0.113 e. The van der Waals surface area contributed by atoms with Gasteiger partial charge in [0.15, 0.2) is 0 Å². The van der Waals surface area contributed by atoms with Crippen molar-refractivity contribution in [3.05, 3.63) is 28.8 Å². The number of hydrogen-bond acceptors (Lipinski definition) is 3. The van der Waals surface area contributed by atoms with E-state index in [9.17, 15) is 0 Å². The van der Waals surface area contributed by atoms with Crippen molar-refractivity contribution in [2.75, 3.05) is 0 Å². The van der Waals surface area contributed by atoms with E-state index in [1.165, 1.54) is 10.3 Å². The third kappa shape index (κ3) is 2.50. The summed E-state index contributed by atoms with van der Waals surface area (Å²) in [7, 11) is 0. The van der Waals surface area contributed by atoms with Crippen LogP contribution in [0.15, 0.2) is 18.2 Å². The molecule has 2 N–H and O–H groups in total. The van der Waals surface area contributed by atoms with E-state index in [0.29, 0.717) is 0 Å². The molecule has 1 heterocycles. The third-order valence-electron chi connectivity index (χ3n) is 2.81. The molecule has 0 aliphatic carbocycles. The van der Waals surface area contributed by atoms with Crippen LogP contribution in [0, 0.1) is 0 Å². The van der Waals surface area contributed by atoms with Crippen molar-refractivity contribution in [1.82, 2.24) is 4.98 Å². The standard InChI is InChI=1S/C14H20N2S/c1-13(2,3)9-6-7-10-11(8-9)17-12(16-10)14(4,5)15/h6-8H,15H2,1-5H3. The maximum atomic E-state index is 6.09. The highest BCUT2D eigenvalue weighted by molar-refractivity contribution is 7.18. The van der Waals surface area contributed by atoms with Gasteiger partial charge in [0.05, 0.1) is 15.8 Å². The minimum atomic E-state index is -0.356. The Labute approximate surface area is 107 Å². The topological polar surface area (TPSA) is 38.9 Å². The van der Waals surface area contributed by atoms with Gasteiger partial charge in [0.25, 0.3) is 0 Å². The summed E-state index contributed by atoms with van der Waals surface area (Å²) in [6.07, 6.45) is 0. The van der Waals surface area contributed by atoms with Gasteiger partial charge in [0, 0.05) is 0 Å². The Morgan fingerprint density at radius 1 is 1.12 bits per heavy atom. The second kappa shape index (κ2) is 3.79. The lowest BCUT2D eigenvalue weighted by atomic mass is 9.87. The van der Waals surface area contributed by atoms with Crippen LogP contribution in [-0.4, -0.2) is 4.98 Å². The van der Waals surface area contributed by atoms with E-state index in [1.807, 2.05) is 13.8 Å². The molecule has 0 aliphatic heterocycles. The van der Waals surface area contributed by atoms with Crippen LogP contribution in [-0.2, 0) is 11.0 Å². The first-order valence-electron chi connectivity index (χ1n) is 5.88. The van der Waals surface area contributed by atoms with Crippen molar-refractivity contribution in [2.24, 2.45) is 5.73 Å². The molecule has 0 radical (unpaired) electrons. The van der Waals surface area contributed by atoms with Crippen molar-refractivity contribution >= 4 is 21.6 Å². The van der Waals surface area contributed by atoms with Crippen LogP contribution in [0.25, 0.3) is 10.2 Å². The van der Waals surface area contributed by atoms with Gasteiger partial charge in [-0.25, -0.2) is 4.98 Å². The molecule has 1 aromatic heterocycles. The fourth-order valence-electron chi connectivity index (χ4n) is 1.67. The zero-order valence-electron chi connectivity index (χ0n) is 11.2. The third-order valence-corrected chi connectivity index (χ3v) is 4.16. The maximum absolute atomic E-state index is 6.09. The number of thiazole rings is 1. The van der Waals surface area contributed by atoms with Crippen LogP contribution in [0.2, 0.25) is 0 Å². The van der Waals surface area contributed by atoms with Crippen LogP contribution in [0.4, 0.5) is 0 Å². The van der Waals surface area contributed by atoms with Gasteiger partial charge in [-0.15, -0.1) is 11.3 Å². The largest absolute Gasteiger partial charge is 0.320 e. The molecule has 1 aromatic carbocycles. The molecule has 0 unspecified atom stereocenters. The molecule has 0 bridgehead atoms.